The highest BCUT2D eigenvalue weighted by Crippen LogP contribution is 2.14. The lowest BCUT2D eigenvalue weighted by molar-refractivity contribution is 0.755. The normalized spacial score (nSPS) is 13.9. The van der Waals surface area contributed by atoms with Crippen LogP contribution < -0.4 is 5.32 Å². The Balaban J connectivity index is 1.67. The molecule has 0 radical (unpaired) electrons. The number of nitrogens with zero attached hydrogens (tertiary/aromatic N) is 3. The molecule has 0 saturated carbocycles. The van der Waals surface area contributed by atoms with Crippen LogP contribution in [-0.2, 0) is 19.5 Å². The van der Waals surface area contributed by atoms with Gasteiger partial charge in [-0.2, -0.15) is 0 Å². The van der Waals surface area contributed by atoms with Crippen molar-refractivity contribution in [2.24, 2.45) is 0 Å². The number of hydrogen-bond acceptors (Lipinski definition) is 4. The molecule has 0 fully saturated rings. The molecule has 2 N–H and O–H groups in total. The highest BCUT2D eigenvalue weighted by atomic mass is 15.0. The number of H-pyrrole nitrogens is 1. The van der Waals surface area contributed by atoms with Gasteiger partial charge in [0.15, 0.2) is 0 Å². The molecule has 2 aromatic heterocycles. The Kier molecular flexibility index (Phi) is 2.31. The zero-order valence-corrected chi connectivity index (χ0v) is 10.3. The molecule has 4 rings (SSSR count). The van der Waals surface area contributed by atoms with Crippen molar-refractivity contribution in [1.29, 1.82) is 0 Å². The lowest BCUT2D eigenvalue weighted by atomic mass is 10.2. The van der Waals surface area contributed by atoms with E-state index in [0.29, 0.717) is 6.42 Å². The molecule has 0 atom stereocenters. The summed E-state index contributed by atoms with van der Waals surface area (Å²) in [6.45, 7) is 1.71. The zero-order valence-electron chi connectivity index (χ0n) is 10.3. The molecule has 0 unspecified atom stereocenters. The number of benzene rings is 1. The van der Waals surface area contributed by atoms with E-state index in [-0.39, 0.29) is 0 Å². The van der Waals surface area contributed by atoms with Crippen LogP contribution in [0.15, 0.2) is 30.5 Å². The maximum absolute atomic E-state index is 4.59. The lowest BCUT2D eigenvalue weighted by Gasteiger charge is -2.00. The second-order valence-corrected chi connectivity index (χ2v) is 4.74. The largest absolute Gasteiger partial charge is 0.342 e. The van der Waals surface area contributed by atoms with Crippen LogP contribution >= 0.6 is 0 Å². The minimum absolute atomic E-state index is 0.641. The summed E-state index contributed by atoms with van der Waals surface area (Å²) in [6.07, 6.45) is 2.56. The molecule has 0 aliphatic carbocycles. The van der Waals surface area contributed by atoms with E-state index in [1.807, 2.05) is 30.5 Å². The molecule has 94 valence electrons. The molecule has 19 heavy (non-hydrogen) atoms. The highest BCUT2D eigenvalue weighted by Gasteiger charge is 2.13. The SMILES string of the molecule is c1ccc2[nH]c(Cc3ncc4c(n3)CNC4)nc2c1. The van der Waals surface area contributed by atoms with Crippen LogP contribution in [0.2, 0.25) is 0 Å². The molecule has 1 aliphatic rings. The van der Waals surface area contributed by atoms with E-state index in [4.69, 9.17) is 0 Å². The first-order chi connectivity index (χ1) is 9.38. The van der Waals surface area contributed by atoms with Crippen LogP contribution in [0.5, 0.6) is 0 Å². The van der Waals surface area contributed by atoms with Crippen LogP contribution in [0.3, 0.4) is 0 Å². The summed E-state index contributed by atoms with van der Waals surface area (Å²) in [7, 11) is 0. The van der Waals surface area contributed by atoms with Gasteiger partial charge in [0.1, 0.15) is 11.6 Å². The van der Waals surface area contributed by atoms with Crippen molar-refractivity contribution in [2.75, 3.05) is 0 Å². The van der Waals surface area contributed by atoms with Gasteiger partial charge >= 0.3 is 0 Å². The molecule has 1 aromatic carbocycles. The molecule has 0 bridgehead atoms. The van der Waals surface area contributed by atoms with Gasteiger partial charge in [0.05, 0.1) is 23.1 Å². The summed E-state index contributed by atoms with van der Waals surface area (Å²) < 4.78 is 0. The van der Waals surface area contributed by atoms with Crippen molar-refractivity contribution in [3.05, 3.63) is 53.4 Å². The standard InChI is InChI=1S/C14H13N5/c1-2-4-11-10(3-1)17-14(18-11)5-13-16-7-9-6-15-8-12(9)19-13/h1-4,7,15H,5-6,8H2,(H,17,18). The molecule has 1 aliphatic heterocycles. The van der Waals surface area contributed by atoms with Crippen molar-refractivity contribution in [2.45, 2.75) is 19.5 Å². The van der Waals surface area contributed by atoms with Gasteiger partial charge in [-0.05, 0) is 12.1 Å². The fourth-order valence-electron chi connectivity index (χ4n) is 2.42. The minimum Gasteiger partial charge on any atom is -0.342 e. The Labute approximate surface area is 110 Å². The molecule has 0 spiro atoms. The lowest BCUT2D eigenvalue weighted by Crippen LogP contribution is -2.02. The van der Waals surface area contributed by atoms with E-state index in [1.165, 1.54) is 5.56 Å². The average Bonchev–Trinajstić information content (AvgIpc) is 3.03. The van der Waals surface area contributed by atoms with Crippen LogP contribution in [0.25, 0.3) is 11.0 Å². The summed E-state index contributed by atoms with van der Waals surface area (Å²) >= 11 is 0. The number of rotatable bonds is 2. The van der Waals surface area contributed by atoms with Crippen molar-refractivity contribution >= 4 is 11.0 Å². The third-order valence-corrected chi connectivity index (χ3v) is 3.38. The monoisotopic (exact) mass is 251 g/mol. The summed E-state index contributed by atoms with van der Waals surface area (Å²) in [5.41, 5.74) is 4.36. The first-order valence-electron chi connectivity index (χ1n) is 6.36. The van der Waals surface area contributed by atoms with Crippen molar-refractivity contribution in [3.8, 4) is 0 Å². The van der Waals surface area contributed by atoms with Crippen molar-refractivity contribution in [3.63, 3.8) is 0 Å². The molecular formula is C14H13N5. The fraction of sp³-hybridized carbons (Fsp3) is 0.214. The summed E-state index contributed by atoms with van der Waals surface area (Å²) in [6, 6.07) is 8.02. The quantitative estimate of drug-likeness (QED) is 0.725. The maximum Gasteiger partial charge on any atom is 0.136 e. The topological polar surface area (TPSA) is 66.5 Å². The first kappa shape index (κ1) is 10.6. The number of hydrogen-bond donors (Lipinski definition) is 2. The van der Waals surface area contributed by atoms with Gasteiger partial charge in [0.2, 0.25) is 0 Å². The van der Waals surface area contributed by atoms with E-state index in [1.54, 1.807) is 0 Å². The smallest absolute Gasteiger partial charge is 0.136 e. The van der Waals surface area contributed by atoms with Crippen molar-refractivity contribution < 1.29 is 0 Å². The number of fused-ring (bicyclic) bond motifs is 2. The van der Waals surface area contributed by atoms with E-state index >= 15 is 0 Å². The summed E-state index contributed by atoms with van der Waals surface area (Å²) in [4.78, 5) is 16.8. The van der Waals surface area contributed by atoms with Crippen LogP contribution in [0, 0.1) is 0 Å². The van der Waals surface area contributed by atoms with Crippen molar-refractivity contribution in [1.82, 2.24) is 25.3 Å². The second-order valence-electron chi connectivity index (χ2n) is 4.74. The van der Waals surface area contributed by atoms with Gasteiger partial charge in [0.25, 0.3) is 0 Å². The Morgan fingerprint density at radius 3 is 3.00 bits per heavy atom. The Morgan fingerprint density at radius 1 is 1.11 bits per heavy atom. The van der Waals surface area contributed by atoms with Gasteiger partial charge < -0.3 is 10.3 Å². The van der Waals surface area contributed by atoms with E-state index in [2.05, 4.69) is 25.3 Å². The maximum atomic E-state index is 4.59. The van der Waals surface area contributed by atoms with Gasteiger partial charge in [-0.15, -0.1) is 0 Å². The number of aromatic nitrogens is 4. The number of imidazole rings is 1. The predicted octanol–water partition coefficient (Wildman–Crippen LogP) is 1.55. The molecule has 0 amide bonds. The van der Waals surface area contributed by atoms with Gasteiger partial charge in [-0.3, -0.25) is 0 Å². The average molecular weight is 251 g/mol. The van der Waals surface area contributed by atoms with E-state index in [9.17, 15) is 0 Å². The summed E-state index contributed by atoms with van der Waals surface area (Å²) in [5, 5.41) is 3.27. The second kappa shape index (κ2) is 4.13. The van der Waals surface area contributed by atoms with Crippen LogP contribution in [0.4, 0.5) is 0 Å². The predicted molar refractivity (Wildman–Crippen MR) is 71.5 cm³/mol. The number of aromatic amines is 1. The van der Waals surface area contributed by atoms with E-state index < -0.39 is 0 Å². The molecule has 0 saturated heterocycles. The molecule has 3 heterocycles. The molecule has 3 aromatic rings. The number of nitrogens with one attached hydrogen (secondary N) is 2. The third kappa shape index (κ3) is 1.88. The Morgan fingerprint density at radius 2 is 2.05 bits per heavy atom. The fourth-order valence-corrected chi connectivity index (χ4v) is 2.42. The summed E-state index contributed by atoms with van der Waals surface area (Å²) in [5.74, 6) is 1.73. The van der Waals surface area contributed by atoms with Crippen LogP contribution in [-0.4, -0.2) is 19.9 Å². The number of para-hydroxylation sites is 2. The molecular weight excluding hydrogens is 238 g/mol. The minimum atomic E-state index is 0.641. The highest BCUT2D eigenvalue weighted by molar-refractivity contribution is 5.74. The zero-order chi connectivity index (χ0) is 12.7. The van der Waals surface area contributed by atoms with Crippen LogP contribution in [0.1, 0.15) is 22.9 Å². The third-order valence-electron chi connectivity index (χ3n) is 3.38. The molecule has 5 nitrogen and oxygen atoms in total. The van der Waals surface area contributed by atoms with Gasteiger partial charge in [-0.1, -0.05) is 12.1 Å². The molecule has 5 heteroatoms. The first-order valence-corrected chi connectivity index (χ1v) is 6.36. The van der Waals surface area contributed by atoms with Gasteiger partial charge in [0, 0.05) is 24.8 Å². The van der Waals surface area contributed by atoms with E-state index in [0.717, 1.165) is 41.5 Å². The Bertz CT molecular complexity index is 713. The Hall–Kier alpha value is -2.27. The van der Waals surface area contributed by atoms with Gasteiger partial charge in [-0.25, -0.2) is 15.0 Å².